The summed E-state index contributed by atoms with van der Waals surface area (Å²) in [6.07, 6.45) is 0.369. The van der Waals surface area contributed by atoms with Crippen LogP contribution in [0.2, 0.25) is 5.02 Å². The van der Waals surface area contributed by atoms with Crippen LogP contribution >= 0.6 is 11.6 Å². The molecule has 144 valence electrons. The van der Waals surface area contributed by atoms with Crippen molar-refractivity contribution in [2.45, 2.75) is 38.0 Å². The van der Waals surface area contributed by atoms with E-state index >= 15 is 0 Å². The molecule has 2 aromatic rings. The lowest BCUT2D eigenvalue weighted by molar-refractivity contribution is -0.137. The van der Waals surface area contributed by atoms with E-state index < -0.39 is 11.7 Å². The molecule has 4 heterocycles. The molecular formula is C17H17ClF3N5O. The Hall–Kier alpha value is -2.29. The Balaban J connectivity index is 1.42. The third-order valence-corrected chi connectivity index (χ3v) is 5.23. The van der Waals surface area contributed by atoms with E-state index in [4.69, 9.17) is 11.6 Å². The fourth-order valence-corrected chi connectivity index (χ4v) is 3.89. The fraction of sp³-hybridized carbons (Fsp3) is 0.471. The summed E-state index contributed by atoms with van der Waals surface area (Å²) in [5.74, 6) is 0.129. The first-order chi connectivity index (χ1) is 12.8. The lowest BCUT2D eigenvalue weighted by Gasteiger charge is -2.20. The number of aromatic nitrogens is 3. The minimum absolute atomic E-state index is 0.0498. The Morgan fingerprint density at radius 2 is 2.11 bits per heavy atom. The molecule has 1 atom stereocenters. The number of anilines is 1. The molecular weight excluding hydrogens is 383 g/mol. The number of aryl methyl sites for hydroxylation is 1. The van der Waals surface area contributed by atoms with Crippen LogP contribution in [0.5, 0.6) is 0 Å². The standard InChI is InChI=1S/C17H17ClF3N5O/c18-13-6-10(17(19,20)21)7-22-15(13)25-5-3-11(9-25)24-16(27)12-8-23-26-4-1-2-14(12)26/h6-8,11H,1-5,9H2,(H,24,27)/t11-/m0/s1. The Bertz CT molecular complexity index is 882. The normalized spacial score (nSPS) is 19.4. The first-order valence-corrected chi connectivity index (χ1v) is 9.04. The van der Waals surface area contributed by atoms with Crippen molar-refractivity contribution < 1.29 is 18.0 Å². The zero-order valence-electron chi connectivity index (χ0n) is 14.3. The van der Waals surface area contributed by atoms with E-state index in [9.17, 15) is 18.0 Å². The second-order valence-electron chi connectivity index (χ2n) is 6.76. The van der Waals surface area contributed by atoms with Crippen LogP contribution in [0.1, 0.15) is 34.5 Å². The predicted molar refractivity (Wildman–Crippen MR) is 92.9 cm³/mol. The molecule has 1 amide bonds. The second kappa shape index (κ2) is 6.70. The number of alkyl halides is 3. The molecule has 0 radical (unpaired) electrons. The SMILES string of the molecule is O=C(N[C@H]1CCN(c2ncc(C(F)(F)F)cc2Cl)C1)c1cnn2c1CCC2. The number of hydrogen-bond donors (Lipinski definition) is 1. The fourth-order valence-electron chi connectivity index (χ4n) is 3.61. The van der Waals surface area contributed by atoms with Crippen molar-refractivity contribution in [3.8, 4) is 0 Å². The van der Waals surface area contributed by atoms with E-state index in [-0.39, 0.29) is 17.0 Å². The van der Waals surface area contributed by atoms with Crippen LogP contribution in [0.3, 0.4) is 0 Å². The van der Waals surface area contributed by atoms with Crippen LogP contribution < -0.4 is 10.2 Å². The summed E-state index contributed by atoms with van der Waals surface area (Å²) in [7, 11) is 0. The number of hydrogen-bond acceptors (Lipinski definition) is 4. The molecule has 0 unspecified atom stereocenters. The molecule has 0 aromatic carbocycles. The van der Waals surface area contributed by atoms with Crippen LogP contribution in [0.15, 0.2) is 18.5 Å². The third kappa shape index (κ3) is 3.47. The van der Waals surface area contributed by atoms with Gasteiger partial charge in [0.1, 0.15) is 5.82 Å². The molecule has 0 aliphatic carbocycles. The zero-order chi connectivity index (χ0) is 19.2. The number of pyridine rings is 1. The Morgan fingerprint density at radius 3 is 2.85 bits per heavy atom. The predicted octanol–water partition coefficient (Wildman–Crippen LogP) is 2.91. The van der Waals surface area contributed by atoms with Crippen molar-refractivity contribution in [1.29, 1.82) is 0 Å². The summed E-state index contributed by atoms with van der Waals surface area (Å²) in [6.45, 7) is 1.82. The minimum Gasteiger partial charge on any atom is -0.353 e. The molecule has 10 heteroatoms. The average molecular weight is 400 g/mol. The monoisotopic (exact) mass is 399 g/mol. The van der Waals surface area contributed by atoms with Crippen LogP contribution in [-0.2, 0) is 19.1 Å². The number of nitrogens with zero attached hydrogens (tertiary/aromatic N) is 4. The number of amides is 1. The number of rotatable bonds is 3. The van der Waals surface area contributed by atoms with Crippen molar-refractivity contribution in [2.24, 2.45) is 0 Å². The van der Waals surface area contributed by atoms with Gasteiger partial charge < -0.3 is 10.2 Å². The van der Waals surface area contributed by atoms with Crippen LogP contribution in [0.25, 0.3) is 0 Å². The van der Waals surface area contributed by atoms with Crippen molar-refractivity contribution in [3.63, 3.8) is 0 Å². The quantitative estimate of drug-likeness (QED) is 0.862. The van der Waals surface area contributed by atoms with Gasteiger partial charge in [-0.05, 0) is 25.3 Å². The zero-order valence-corrected chi connectivity index (χ0v) is 15.0. The van der Waals surface area contributed by atoms with E-state index in [1.165, 1.54) is 0 Å². The van der Waals surface area contributed by atoms with Gasteiger partial charge in [-0.1, -0.05) is 11.6 Å². The van der Waals surface area contributed by atoms with E-state index in [1.807, 2.05) is 4.68 Å². The lowest BCUT2D eigenvalue weighted by atomic mass is 10.1. The van der Waals surface area contributed by atoms with Crippen LogP contribution in [0.4, 0.5) is 19.0 Å². The highest BCUT2D eigenvalue weighted by molar-refractivity contribution is 6.33. The molecule has 4 rings (SSSR count). The number of carbonyl (C=O) groups excluding carboxylic acids is 1. The summed E-state index contributed by atoms with van der Waals surface area (Å²) < 4.78 is 40.1. The lowest BCUT2D eigenvalue weighted by Crippen LogP contribution is -2.37. The van der Waals surface area contributed by atoms with Crippen LogP contribution in [-0.4, -0.2) is 39.8 Å². The van der Waals surface area contributed by atoms with Gasteiger partial charge in [0.15, 0.2) is 0 Å². The molecule has 2 aliphatic heterocycles. The Kier molecular flexibility index (Phi) is 4.49. The molecule has 1 N–H and O–H groups in total. The number of nitrogens with one attached hydrogen (secondary N) is 1. The second-order valence-corrected chi connectivity index (χ2v) is 7.17. The Morgan fingerprint density at radius 1 is 1.30 bits per heavy atom. The number of carbonyl (C=O) groups is 1. The Labute approximate surface area is 158 Å². The summed E-state index contributed by atoms with van der Waals surface area (Å²) in [5, 5.41) is 7.15. The minimum atomic E-state index is -4.48. The largest absolute Gasteiger partial charge is 0.417 e. The van der Waals surface area contributed by atoms with Gasteiger partial charge in [-0.15, -0.1) is 0 Å². The highest BCUT2D eigenvalue weighted by Gasteiger charge is 2.33. The van der Waals surface area contributed by atoms with Gasteiger partial charge in [0.05, 0.1) is 28.0 Å². The van der Waals surface area contributed by atoms with Crippen molar-refractivity contribution in [2.75, 3.05) is 18.0 Å². The highest BCUT2D eigenvalue weighted by Crippen LogP contribution is 2.34. The topological polar surface area (TPSA) is 63.1 Å². The highest BCUT2D eigenvalue weighted by atomic mass is 35.5. The molecule has 0 spiro atoms. The third-order valence-electron chi connectivity index (χ3n) is 4.95. The van der Waals surface area contributed by atoms with Crippen molar-refractivity contribution >= 4 is 23.3 Å². The van der Waals surface area contributed by atoms with Crippen LogP contribution in [0, 0.1) is 0 Å². The summed E-state index contributed by atoms with van der Waals surface area (Å²) in [4.78, 5) is 18.2. The van der Waals surface area contributed by atoms with Gasteiger partial charge in [0, 0.05) is 31.9 Å². The average Bonchev–Trinajstić information content (AvgIpc) is 3.29. The van der Waals surface area contributed by atoms with E-state index in [0.717, 1.165) is 37.3 Å². The molecule has 6 nitrogen and oxygen atoms in total. The van der Waals surface area contributed by atoms with Crippen molar-refractivity contribution in [3.05, 3.63) is 40.3 Å². The maximum Gasteiger partial charge on any atom is 0.417 e. The molecule has 1 saturated heterocycles. The van der Waals surface area contributed by atoms with Gasteiger partial charge in [-0.3, -0.25) is 9.48 Å². The van der Waals surface area contributed by atoms with E-state index in [1.54, 1.807) is 11.1 Å². The number of fused-ring (bicyclic) bond motifs is 1. The molecule has 27 heavy (non-hydrogen) atoms. The van der Waals surface area contributed by atoms with E-state index in [0.29, 0.717) is 30.9 Å². The van der Waals surface area contributed by atoms with Gasteiger partial charge in [-0.25, -0.2) is 4.98 Å². The summed E-state index contributed by atoms with van der Waals surface area (Å²) in [5.41, 5.74) is 0.668. The summed E-state index contributed by atoms with van der Waals surface area (Å²) >= 11 is 6.01. The smallest absolute Gasteiger partial charge is 0.353 e. The molecule has 2 aromatic heterocycles. The van der Waals surface area contributed by atoms with Gasteiger partial charge in [0.2, 0.25) is 0 Å². The first kappa shape index (κ1) is 18.1. The van der Waals surface area contributed by atoms with Gasteiger partial charge >= 0.3 is 6.18 Å². The number of halogens is 4. The molecule has 1 fully saturated rings. The van der Waals surface area contributed by atoms with Gasteiger partial charge in [-0.2, -0.15) is 18.3 Å². The maximum atomic E-state index is 12.7. The maximum absolute atomic E-state index is 12.7. The van der Waals surface area contributed by atoms with Gasteiger partial charge in [0.25, 0.3) is 5.91 Å². The molecule has 2 aliphatic rings. The summed E-state index contributed by atoms with van der Waals surface area (Å²) in [6, 6.07) is 0.751. The molecule has 0 bridgehead atoms. The van der Waals surface area contributed by atoms with Crippen molar-refractivity contribution in [1.82, 2.24) is 20.1 Å². The first-order valence-electron chi connectivity index (χ1n) is 8.66. The van der Waals surface area contributed by atoms with E-state index in [2.05, 4.69) is 15.4 Å². The molecule has 0 saturated carbocycles.